The summed E-state index contributed by atoms with van der Waals surface area (Å²) in [5.74, 6) is -5.10. The summed E-state index contributed by atoms with van der Waals surface area (Å²) in [6.07, 6.45) is -12.8. The number of hydrogen-bond acceptors (Lipinski definition) is 5. The summed E-state index contributed by atoms with van der Waals surface area (Å²) in [7, 11) is -6.06. The molecule has 0 heterocycles. The molecule has 1 aromatic rings. The standard InChI is InChI=1S/C11H6F6I2O5S/c12-10(13,14)9(11(15,16)17,4-25(21,22)23)24-8(20)5-2-1-3-6(18)7(5)19/h1-3H,4H2,(H,21,22,23)/p-1. The van der Waals surface area contributed by atoms with E-state index in [1.54, 1.807) is 22.6 Å². The maximum absolute atomic E-state index is 13.1. The van der Waals surface area contributed by atoms with Gasteiger partial charge in [-0.3, -0.25) is 0 Å². The Kier molecular flexibility index (Phi) is 6.66. The number of rotatable bonds is 4. The van der Waals surface area contributed by atoms with E-state index in [4.69, 9.17) is 0 Å². The lowest BCUT2D eigenvalue weighted by molar-refractivity contribution is -0.356. The molecule has 1 rings (SSSR count). The lowest BCUT2D eigenvalue weighted by Crippen LogP contribution is -2.63. The average Bonchev–Trinajstić information content (AvgIpc) is 2.36. The van der Waals surface area contributed by atoms with Gasteiger partial charge in [-0.1, -0.05) is 6.07 Å². The Morgan fingerprint density at radius 3 is 1.96 bits per heavy atom. The van der Waals surface area contributed by atoms with Crippen molar-refractivity contribution in [3.05, 3.63) is 30.9 Å². The number of benzene rings is 1. The Bertz CT molecular complexity index is 760. The summed E-state index contributed by atoms with van der Waals surface area (Å²) in [4.78, 5) is 11.9. The molecule has 0 aliphatic heterocycles. The van der Waals surface area contributed by atoms with Crippen LogP contribution < -0.4 is 0 Å². The van der Waals surface area contributed by atoms with Gasteiger partial charge in [0, 0.05) is 7.14 Å². The van der Waals surface area contributed by atoms with Gasteiger partial charge in [0.1, 0.15) is 0 Å². The van der Waals surface area contributed by atoms with Gasteiger partial charge in [-0.2, -0.15) is 26.3 Å². The van der Waals surface area contributed by atoms with Crippen LogP contribution in [0.2, 0.25) is 0 Å². The van der Waals surface area contributed by atoms with Gasteiger partial charge in [0.2, 0.25) is 0 Å². The number of hydrogen-bond donors (Lipinski definition) is 0. The third-order valence-corrected chi connectivity index (χ3v) is 6.59. The van der Waals surface area contributed by atoms with Crippen LogP contribution in [0.25, 0.3) is 0 Å². The third kappa shape index (κ3) is 5.09. The molecule has 0 radical (unpaired) electrons. The second-order valence-electron chi connectivity index (χ2n) is 4.52. The van der Waals surface area contributed by atoms with E-state index in [9.17, 15) is 44.1 Å². The van der Waals surface area contributed by atoms with E-state index in [-0.39, 0.29) is 3.57 Å². The molecule has 0 atom stereocenters. The van der Waals surface area contributed by atoms with Crippen molar-refractivity contribution in [1.82, 2.24) is 0 Å². The molecule has 0 aromatic heterocycles. The monoisotopic (exact) mass is 617 g/mol. The fraction of sp³-hybridized carbons (Fsp3) is 0.364. The second kappa shape index (κ2) is 7.34. The first kappa shape index (κ1) is 22.7. The van der Waals surface area contributed by atoms with E-state index in [0.29, 0.717) is 3.57 Å². The Morgan fingerprint density at radius 2 is 1.56 bits per heavy atom. The molecule has 1 aromatic carbocycles. The van der Waals surface area contributed by atoms with Crippen molar-refractivity contribution in [3.63, 3.8) is 0 Å². The van der Waals surface area contributed by atoms with Crippen LogP contribution in [0.1, 0.15) is 10.4 Å². The van der Waals surface area contributed by atoms with Crippen LogP contribution in [0.4, 0.5) is 26.3 Å². The van der Waals surface area contributed by atoms with Crippen LogP contribution in [0.3, 0.4) is 0 Å². The minimum atomic E-state index is -6.40. The number of halogens is 8. The highest BCUT2D eigenvalue weighted by Gasteiger charge is 2.75. The average molecular weight is 617 g/mol. The number of carbonyl (C=O) groups is 1. The Hall–Kier alpha value is -0.360. The highest BCUT2D eigenvalue weighted by Crippen LogP contribution is 2.47. The van der Waals surface area contributed by atoms with Crippen molar-refractivity contribution in [3.8, 4) is 0 Å². The summed E-state index contributed by atoms with van der Waals surface area (Å²) in [6, 6.07) is 3.49. The van der Waals surface area contributed by atoms with Crippen LogP contribution in [0, 0.1) is 7.14 Å². The van der Waals surface area contributed by atoms with E-state index >= 15 is 0 Å². The smallest absolute Gasteiger partial charge is 0.438 e. The van der Waals surface area contributed by atoms with Gasteiger partial charge in [0.15, 0.2) is 0 Å². The van der Waals surface area contributed by atoms with Crippen molar-refractivity contribution in [2.24, 2.45) is 0 Å². The maximum atomic E-state index is 13.1. The van der Waals surface area contributed by atoms with Gasteiger partial charge < -0.3 is 9.29 Å². The maximum Gasteiger partial charge on any atom is 0.438 e. The molecule has 0 saturated heterocycles. The van der Waals surface area contributed by atoms with Gasteiger partial charge in [-0.15, -0.1) is 0 Å². The molecule has 0 saturated carbocycles. The first-order chi connectivity index (χ1) is 11.0. The van der Waals surface area contributed by atoms with Gasteiger partial charge >= 0.3 is 23.9 Å². The van der Waals surface area contributed by atoms with E-state index < -0.39 is 45.4 Å². The third-order valence-electron chi connectivity index (χ3n) is 2.73. The van der Waals surface area contributed by atoms with Crippen LogP contribution in [-0.2, 0) is 14.9 Å². The summed E-state index contributed by atoms with van der Waals surface area (Å²) in [6.45, 7) is 0. The van der Waals surface area contributed by atoms with Gasteiger partial charge in [-0.25, -0.2) is 13.2 Å². The molecule has 142 valence electrons. The molecule has 0 aliphatic rings. The number of ether oxygens (including phenoxy) is 1. The molecular formula is C11H5F6I2O5S-. The summed E-state index contributed by atoms with van der Waals surface area (Å²) in [5, 5.41) is 0. The summed E-state index contributed by atoms with van der Waals surface area (Å²) in [5.41, 5.74) is -6.13. The van der Waals surface area contributed by atoms with Crippen molar-refractivity contribution < 1.29 is 48.8 Å². The van der Waals surface area contributed by atoms with Gasteiger partial charge in [0.25, 0.3) is 0 Å². The number of carbonyl (C=O) groups excluding carboxylic acids is 1. The number of esters is 1. The zero-order valence-corrected chi connectivity index (χ0v) is 16.5. The largest absolute Gasteiger partial charge is 0.748 e. The van der Waals surface area contributed by atoms with Crippen molar-refractivity contribution in [2.45, 2.75) is 18.0 Å². The number of alkyl halides is 6. The van der Waals surface area contributed by atoms with Crippen LogP contribution in [0.15, 0.2) is 18.2 Å². The van der Waals surface area contributed by atoms with Crippen LogP contribution in [-0.4, -0.2) is 42.6 Å². The van der Waals surface area contributed by atoms with Crippen molar-refractivity contribution in [2.75, 3.05) is 5.75 Å². The summed E-state index contributed by atoms with van der Waals surface area (Å²) < 4.78 is 114. The Morgan fingerprint density at radius 1 is 1.08 bits per heavy atom. The Balaban J connectivity index is 3.53. The fourth-order valence-corrected chi connectivity index (χ4v) is 3.56. The topological polar surface area (TPSA) is 83.5 Å². The zero-order valence-electron chi connectivity index (χ0n) is 11.4. The molecule has 0 bridgehead atoms. The predicted octanol–water partition coefficient (Wildman–Crippen LogP) is 3.46. The van der Waals surface area contributed by atoms with Crippen molar-refractivity contribution in [1.29, 1.82) is 0 Å². The minimum absolute atomic E-state index is 0.00562. The first-order valence-corrected chi connectivity index (χ1v) is 9.50. The summed E-state index contributed by atoms with van der Waals surface area (Å²) >= 11 is 3.16. The predicted molar refractivity (Wildman–Crippen MR) is 86.7 cm³/mol. The molecular weight excluding hydrogens is 612 g/mol. The molecule has 0 unspecified atom stereocenters. The fourth-order valence-electron chi connectivity index (χ4n) is 1.59. The molecule has 0 aliphatic carbocycles. The van der Waals surface area contributed by atoms with Crippen LogP contribution in [0.5, 0.6) is 0 Å². The van der Waals surface area contributed by atoms with Crippen LogP contribution >= 0.6 is 45.2 Å². The van der Waals surface area contributed by atoms with E-state index in [1.807, 2.05) is 0 Å². The highest BCUT2D eigenvalue weighted by molar-refractivity contribution is 14.1. The molecule has 25 heavy (non-hydrogen) atoms. The molecule has 0 amide bonds. The molecule has 0 spiro atoms. The van der Waals surface area contributed by atoms with E-state index in [1.165, 1.54) is 34.7 Å². The lowest BCUT2D eigenvalue weighted by Gasteiger charge is -2.36. The Labute approximate surface area is 164 Å². The quantitative estimate of drug-likeness (QED) is 0.224. The zero-order chi connectivity index (χ0) is 19.8. The first-order valence-electron chi connectivity index (χ1n) is 5.76. The normalized spacial score (nSPS) is 13.6. The molecule has 5 nitrogen and oxygen atoms in total. The van der Waals surface area contributed by atoms with Crippen molar-refractivity contribution >= 4 is 61.3 Å². The second-order valence-corrected chi connectivity index (χ2v) is 8.16. The molecule has 0 fully saturated rings. The van der Waals surface area contributed by atoms with E-state index in [2.05, 4.69) is 4.74 Å². The SMILES string of the molecule is O=C(OC(CS(=O)(=O)[O-])(C(F)(F)F)C(F)(F)F)c1cccc(I)c1I. The molecule has 0 N–H and O–H groups in total. The molecule has 14 heteroatoms. The van der Waals surface area contributed by atoms with Gasteiger partial charge in [-0.05, 0) is 57.3 Å². The minimum Gasteiger partial charge on any atom is -0.748 e. The highest BCUT2D eigenvalue weighted by atomic mass is 127. The van der Waals surface area contributed by atoms with E-state index in [0.717, 1.165) is 6.07 Å². The van der Waals surface area contributed by atoms with Gasteiger partial charge in [0.05, 0.1) is 21.4 Å². The lowest BCUT2D eigenvalue weighted by atomic mass is 10.1.